The fourth-order valence-electron chi connectivity index (χ4n) is 2.80. The Balaban J connectivity index is 1.69. The van der Waals surface area contributed by atoms with Gasteiger partial charge in [0.15, 0.2) is 17.6 Å². The van der Waals surface area contributed by atoms with Crippen LogP contribution in [0.5, 0.6) is 11.5 Å². The van der Waals surface area contributed by atoms with Crippen LogP contribution in [-0.4, -0.2) is 22.3 Å². The van der Waals surface area contributed by atoms with Crippen LogP contribution in [-0.2, 0) is 0 Å². The SMILES string of the molecule is Cc1cc2c(=O)n([C@@H](C)[C@H]3COc4ccccc4O3)cnc2s1. The first-order chi connectivity index (χ1) is 11.1. The van der Waals surface area contributed by atoms with Gasteiger partial charge in [0, 0.05) is 4.88 Å². The highest BCUT2D eigenvalue weighted by molar-refractivity contribution is 7.18. The summed E-state index contributed by atoms with van der Waals surface area (Å²) in [5.41, 5.74) is -0.0330. The second-order valence-electron chi connectivity index (χ2n) is 5.69. The molecule has 23 heavy (non-hydrogen) atoms. The van der Waals surface area contributed by atoms with Gasteiger partial charge in [-0.3, -0.25) is 9.36 Å². The highest BCUT2D eigenvalue weighted by Gasteiger charge is 2.28. The van der Waals surface area contributed by atoms with Gasteiger partial charge in [0.05, 0.1) is 17.8 Å². The van der Waals surface area contributed by atoms with Crippen molar-refractivity contribution in [3.05, 3.63) is 51.9 Å². The van der Waals surface area contributed by atoms with Gasteiger partial charge in [-0.1, -0.05) is 12.1 Å². The molecule has 118 valence electrons. The van der Waals surface area contributed by atoms with E-state index in [4.69, 9.17) is 9.47 Å². The van der Waals surface area contributed by atoms with Gasteiger partial charge in [-0.2, -0.15) is 0 Å². The second kappa shape index (κ2) is 5.38. The average Bonchev–Trinajstić information content (AvgIpc) is 2.95. The summed E-state index contributed by atoms with van der Waals surface area (Å²) in [5, 5.41) is 0.666. The third-order valence-electron chi connectivity index (χ3n) is 4.11. The number of fused-ring (bicyclic) bond motifs is 2. The molecule has 1 aliphatic rings. The number of thiophene rings is 1. The van der Waals surface area contributed by atoms with Crippen LogP contribution in [0, 0.1) is 6.92 Å². The molecule has 0 bridgehead atoms. The zero-order chi connectivity index (χ0) is 16.0. The molecule has 0 aliphatic carbocycles. The molecule has 0 radical (unpaired) electrons. The van der Waals surface area contributed by atoms with Crippen LogP contribution in [0.2, 0.25) is 0 Å². The first-order valence-corrected chi connectivity index (χ1v) is 8.31. The fourth-order valence-corrected chi connectivity index (χ4v) is 3.64. The molecule has 1 aliphatic heterocycles. The van der Waals surface area contributed by atoms with Crippen molar-refractivity contribution in [2.75, 3.05) is 6.61 Å². The Kier molecular flexibility index (Phi) is 3.34. The predicted octanol–water partition coefficient (Wildman–Crippen LogP) is 3.17. The summed E-state index contributed by atoms with van der Waals surface area (Å²) in [4.78, 5) is 19.0. The molecule has 3 heterocycles. The molecule has 4 rings (SSSR count). The molecule has 0 unspecified atom stereocenters. The maximum atomic E-state index is 12.7. The highest BCUT2D eigenvalue weighted by Crippen LogP contribution is 2.33. The van der Waals surface area contributed by atoms with Crippen LogP contribution in [0.15, 0.2) is 41.5 Å². The Morgan fingerprint density at radius 1 is 1.35 bits per heavy atom. The Hall–Kier alpha value is -2.34. The molecule has 6 heteroatoms. The van der Waals surface area contributed by atoms with Crippen LogP contribution >= 0.6 is 11.3 Å². The number of nitrogens with zero attached hydrogens (tertiary/aromatic N) is 2. The number of hydrogen-bond donors (Lipinski definition) is 0. The smallest absolute Gasteiger partial charge is 0.262 e. The lowest BCUT2D eigenvalue weighted by molar-refractivity contribution is 0.0559. The number of aryl methyl sites for hydroxylation is 1. The van der Waals surface area contributed by atoms with Gasteiger partial charge in [-0.15, -0.1) is 11.3 Å². The molecule has 0 spiro atoms. The summed E-state index contributed by atoms with van der Waals surface area (Å²) < 4.78 is 13.4. The number of rotatable bonds is 2. The van der Waals surface area contributed by atoms with Crippen molar-refractivity contribution in [3.63, 3.8) is 0 Å². The van der Waals surface area contributed by atoms with E-state index in [2.05, 4.69) is 4.98 Å². The molecule has 5 nitrogen and oxygen atoms in total. The van der Waals surface area contributed by atoms with Gasteiger partial charge >= 0.3 is 0 Å². The van der Waals surface area contributed by atoms with E-state index in [0.29, 0.717) is 17.7 Å². The standard InChI is InChI=1S/C17H16N2O3S/c1-10-7-12-16(23-10)18-9-19(17(12)20)11(2)15-8-21-13-5-3-4-6-14(13)22-15/h3-7,9,11,15H,8H2,1-2H3/t11-,15+/m0/s1. The molecule has 0 saturated carbocycles. The van der Waals surface area contributed by atoms with Crippen molar-refractivity contribution in [1.29, 1.82) is 0 Å². The number of benzene rings is 1. The molecular formula is C17H16N2O3S. The summed E-state index contributed by atoms with van der Waals surface area (Å²) in [6.45, 7) is 4.34. The molecule has 0 N–H and O–H groups in total. The summed E-state index contributed by atoms with van der Waals surface area (Å²) in [7, 11) is 0. The first-order valence-electron chi connectivity index (χ1n) is 7.49. The zero-order valence-electron chi connectivity index (χ0n) is 12.9. The quantitative estimate of drug-likeness (QED) is 0.725. The van der Waals surface area contributed by atoms with Crippen molar-refractivity contribution in [2.45, 2.75) is 26.0 Å². The third-order valence-corrected chi connectivity index (χ3v) is 5.07. The molecule has 1 aromatic carbocycles. The van der Waals surface area contributed by atoms with E-state index in [9.17, 15) is 4.79 Å². The van der Waals surface area contributed by atoms with Gasteiger partial charge in [0.1, 0.15) is 11.4 Å². The van der Waals surface area contributed by atoms with Crippen LogP contribution < -0.4 is 15.0 Å². The summed E-state index contributed by atoms with van der Waals surface area (Å²) in [6.07, 6.45) is 1.37. The predicted molar refractivity (Wildman–Crippen MR) is 89.7 cm³/mol. The monoisotopic (exact) mass is 328 g/mol. The van der Waals surface area contributed by atoms with E-state index >= 15 is 0 Å². The third kappa shape index (κ3) is 2.39. The van der Waals surface area contributed by atoms with Crippen molar-refractivity contribution in [1.82, 2.24) is 9.55 Å². The van der Waals surface area contributed by atoms with E-state index in [1.165, 1.54) is 11.3 Å². The van der Waals surface area contributed by atoms with Crippen molar-refractivity contribution >= 4 is 21.6 Å². The van der Waals surface area contributed by atoms with Crippen LogP contribution in [0.3, 0.4) is 0 Å². The summed E-state index contributed by atoms with van der Waals surface area (Å²) >= 11 is 1.53. The molecule has 0 saturated heterocycles. The number of aromatic nitrogens is 2. The maximum Gasteiger partial charge on any atom is 0.262 e. The van der Waals surface area contributed by atoms with Gasteiger partial charge in [0.2, 0.25) is 0 Å². The largest absolute Gasteiger partial charge is 0.486 e. The first kappa shape index (κ1) is 14.3. The average molecular weight is 328 g/mol. The Morgan fingerprint density at radius 3 is 2.96 bits per heavy atom. The van der Waals surface area contributed by atoms with E-state index in [0.717, 1.165) is 15.5 Å². The lowest BCUT2D eigenvalue weighted by Crippen LogP contribution is -2.39. The van der Waals surface area contributed by atoms with Gasteiger partial charge < -0.3 is 9.47 Å². The van der Waals surface area contributed by atoms with E-state index in [1.807, 2.05) is 44.2 Å². The second-order valence-corrected chi connectivity index (χ2v) is 6.92. The molecule has 0 amide bonds. The molecule has 2 atom stereocenters. The molecule has 0 fully saturated rings. The number of hydrogen-bond acceptors (Lipinski definition) is 5. The highest BCUT2D eigenvalue weighted by atomic mass is 32.1. The lowest BCUT2D eigenvalue weighted by atomic mass is 10.1. The van der Waals surface area contributed by atoms with Crippen molar-refractivity contribution < 1.29 is 9.47 Å². The van der Waals surface area contributed by atoms with Crippen LogP contribution in [0.4, 0.5) is 0 Å². The van der Waals surface area contributed by atoms with Gasteiger partial charge in [0.25, 0.3) is 5.56 Å². The van der Waals surface area contributed by atoms with Gasteiger partial charge in [-0.05, 0) is 32.0 Å². The Labute approximate surface area is 137 Å². The Bertz CT molecular complexity index is 931. The number of ether oxygens (including phenoxy) is 2. The fraction of sp³-hybridized carbons (Fsp3) is 0.294. The molecule has 3 aromatic rings. The van der Waals surface area contributed by atoms with E-state index in [-0.39, 0.29) is 17.7 Å². The zero-order valence-corrected chi connectivity index (χ0v) is 13.7. The van der Waals surface area contributed by atoms with Crippen molar-refractivity contribution in [2.24, 2.45) is 0 Å². The minimum atomic E-state index is -0.235. The lowest BCUT2D eigenvalue weighted by Gasteiger charge is -2.31. The Morgan fingerprint density at radius 2 is 2.13 bits per heavy atom. The normalized spacial score (nSPS) is 18.1. The minimum Gasteiger partial charge on any atom is -0.486 e. The van der Waals surface area contributed by atoms with E-state index < -0.39 is 0 Å². The van der Waals surface area contributed by atoms with Crippen LogP contribution in [0.25, 0.3) is 10.2 Å². The van der Waals surface area contributed by atoms with Crippen LogP contribution in [0.1, 0.15) is 17.8 Å². The van der Waals surface area contributed by atoms with E-state index in [1.54, 1.807) is 10.9 Å². The topological polar surface area (TPSA) is 53.4 Å². The van der Waals surface area contributed by atoms with Crippen molar-refractivity contribution in [3.8, 4) is 11.5 Å². The molecular weight excluding hydrogens is 312 g/mol. The maximum absolute atomic E-state index is 12.7. The summed E-state index contributed by atoms with van der Waals surface area (Å²) in [5.74, 6) is 1.45. The minimum absolute atomic E-state index is 0.0330. The number of para-hydroxylation sites is 2. The van der Waals surface area contributed by atoms with Gasteiger partial charge in [-0.25, -0.2) is 4.98 Å². The summed E-state index contributed by atoms with van der Waals surface area (Å²) in [6, 6.07) is 9.29. The molecule has 2 aromatic heterocycles.